The maximum atomic E-state index is 12.1. The van der Waals surface area contributed by atoms with Crippen LogP contribution in [0.25, 0.3) is 64.5 Å². The highest BCUT2D eigenvalue weighted by Gasteiger charge is 2.39. The second kappa shape index (κ2) is 43.2. The zero-order chi connectivity index (χ0) is 76.6. The van der Waals surface area contributed by atoms with Crippen LogP contribution in [0.3, 0.4) is 0 Å². The molecule has 0 spiro atoms. The number of rotatable bonds is 13. The number of fused-ring (bicyclic) bond motifs is 2. The van der Waals surface area contributed by atoms with E-state index < -0.39 is 8.32 Å². The summed E-state index contributed by atoms with van der Waals surface area (Å²) in [5.41, 5.74) is 18.8. The Kier molecular flexibility index (Phi) is 36.7. The van der Waals surface area contributed by atoms with E-state index in [4.69, 9.17) is 13.3 Å². The molecule has 10 heteroatoms. The largest absolute Gasteiger partial charge is 0.543 e. The lowest BCUT2D eigenvalue weighted by atomic mass is 10.1. The maximum absolute atomic E-state index is 12.1. The first-order chi connectivity index (χ1) is 48.4. The molecule has 0 unspecified atom stereocenters. The minimum absolute atomic E-state index is 0.0260. The normalized spacial score (nSPS) is 10.6. The fourth-order valence-corrected chi connectivity index (χ4v) is 13.6. The highest BCUT2D eigenvalue weighted by molar-refractivity contribution is 8.00. The summed E-state index contributed by atoms with van der Waals surface area (Å²) in [5.74, 6) is 1.02. The molecular weight excluding hydrogens is 1350 g/mol. The van der Waals surface area contributed by atoms with Crippen LogP contribution in [0.2, 0.25) is 18.1 Å². The first-order valence-corrected chi connectivity index (χ1v) is 41.7. The molecule has 0 aliphatic carbocycles. The Morgan fingerprint density at radius 2 is 0.854 bits per heavy atom. The van der Waals surface area contributed by atoms with Crippen molar-refractivity contribution in [2.75, 3.05) is 6.26 Å². The fraction of sp³-hybridized carbons (Fsp3) is 0.290. The van der Waals surface area contributed by atoms with Crippen molar-refractivity contribution in [3.8, 4) is 5.75 Å². The van der Waals surface area contributed by atoms with E-state index >= 15 is 0 Å². The zero-order valence-electron chi connectivity index (χ0n) is 66.2. The Balaban J connectivity index is 0.000000257. The summed E-state index contributed by atoms with van der Waals surface area (Å²) < 4.78 is 17.5. The standard InChI is InChI=1S/C17H18S.C16H26OSi.C14H14O2.C14H20S.C13H12O2.C11H14S.C8H10S/c1-13(2)12-15-6-4-5-7-17(15)18-16-10-8-14(3)9-11-16;1-13(2)12-14-10-8-9-11-15(14)17-18(6,7)16(3,4)5;1-9(2)6-11-8-16-13-5-4-10(3)7-12(13)14(11)15;1-11(2)10-12-8-6-7-9-13(12)15-14(3,4)5;1-9(2)7-10-8-15-12-6-4-3-5-11(12)13(10)14;1-9(2)8-10-4-6-11(12-3)7-5-10;1-7(2)6-8-4-3-5-9-8/h4-12H,1-3H3;8-12H,1-7H3;4-8H,1-3H3;6-10H,1-5H3;3-8H,1-2H3;4-8H,1-3H3;3-6H,1-2H3. The van der Waals surface area contributed by atoms with E-state index in [1.165, 1.54) is 92.7 Å². The van der Waals surface area contributed by atoms with Crippen LogP contribution in [0.5, 0.6) is 5.75 Å². The molecule has 0 fully saturated rings. The molecule has 0 N–H and O–H groups in total. The summed E-state index contributed by atoms with van der Waals surface area (Å²) in [4.78, 5) is 30.7. The number of hydrogen-bond acceptors (Lipinski definition) is 9. The molecule has 103 heavy (non-hydrogen) atoms. The van der Waals surface area contributed by atoms with Crippen molar-refractivity contribution in [2.24, 2.45) is 0 Å². The third-order valence-corrected chi connectivity index (χ3v) is 23.2. The van der Waals surface area contributed by atoms with Crippen LogP contribution in [0.1, 0.15) is 188 Å². The fourth-order valence-electron chi connectivity index (χ4n) is 9.37. The average molecular weight is 1470 g/mol. The summed E-state index contributed by atoms with van der Waals surface area (Å²) in [5, 5.41) is 3.60. The molecule has 7 aromatic carbocycles. The van der Waals surface area contributed by atoms with Crippen molar-refractivity contribution in [1.29, 1.82) is 0 Å². The molecule has 3 heterocycles. The van der Waals surface area contributed by atoms with Gasteiger partial charge in [0.2, 0.25) is 0 Å². The van der Waals surface area contributed by atoms with Crippen molar-refractivity contribution in [1.82, 2.24) is 0 Å². The van der Waals surface area contributed by atoms with Gasteiger partial charge in [-0.05, 0) is 248 Å². The molecular formula is C93H114O5S4Si. The van der Waals surface area contributed by atoms with Gasteiger partial charge >= 0.3 is 0 Å². The smallest absolute Gasteiger partial charge is 0.250 e. The van der Waals surface area contributed by atoms with E-state index in [-0.39, 0.29) is 20.6 Å². The van der Waals surface area contributed by atoms with Crippen LogP contribution in [-0.4, -0.2) is 19.3 Å². The van der Waals surface area contributed by atoms with Crippen molar-refractivity contribution >= 4 is 119 Å². The Morgan fingerprint density at radius 1 is 0.427 bits per heavy atom. The lowest BCUT2D eigenvalue weighted by Gasteiger charge is -2.36. The van der Waals surface area contributed by atoms with Gasteiger partial charge < -0.3 is 13.3 Å². The van der Waals surface area contributed by atoms with Crippen molar-refractivity contribution in [2.45, 2.75) is 195 Å². The van der Waals surface area contributed by atoms with E-state index in [2.05, 4.69) is 300 Å². The van der Waals surface area contributed by atoms with E-state index in [9.17, 15) is 9.59 Å². The highest BCUT2D eigenvalue weighted by atomic mass is 32.2. The molecule has 0 bridgehead atoms. The Hall–Kier alpha value is -8.09. The number of thioether (sulfide) groups is 2. The molecule has 3 aromatic heterocycles. The lowest BCUT2D eigenvalue weighted by molar-refractivity contribution is 0.491. The van der Waals surface area contributed by atoms with E-state index in [1.807, 2.05) is 107 Å². The van der Waals surface area contributed by atoms with E-state index in [1.54, 1.807) is 35.2 Å². The third-order valence-electron chi connectivity index (χ3n) is 15.0. The van der Waals surface area contributed by atoms with Crippen LogP contribution in [0.15, 0.2) is 271 Å². The van der Waals surface area contributed by atoms with Gasteiger partial charge in [0.1, 0.15) is 29.4 Å². The summed E-state index contributed by atoms with van der Waals surface area (Å²) in [7, 11) is -1.76. The van der Waals surface area contributed by atoms with Crippen molar-refractivity contribution in [3.05, 3.63) is 303 Å². The van der Waals surface area contributed by atoms with Gasteiger partial charge in [0.05, 0.1) is 21.9 Å². The van der Waals surface area contributed by atoms with Crippen LogP contribution in [-0.2, 0) is 0 Å². The predicted molar refractivity (Wildman–Crippen MR) is 466 cm³/mol. The Morgan fingerprint density at radius 3 is 1.35 bits per heavy atom. The molecule has 0 aliphatic heterocycles. The van der Waals surface area contributed by atoms with Gasteiger partial charge in [0.15, 0.2) is 10.9 Å². The van der Waals surface area contributed by atoms with Crippen LogP contribution in [0, 0.1) is 13.8 Å². The van der Waals surface area contributed by atoms with Gasteiger partial charge in [-0.2, -0.15) is 0 Å². The second-order valence-corrected chi connectivity index (χ2v) is 39.0. The molecule has 0 aliphatic rings. The van der Waals surface area contributed by atoms with Crippen LogP contribution < -0.4 is 15.3 Å². The number of allylic oxidation sites excluding steroid dienone is 7. The SMILES string of the molecule is CC(C)=Cc1ccccc1O[Si](C)(C)C(C)(C)C.CC(C)=Cc1ccccc1SC(C)(C)C.CC(C)=Cc1ccccc1Sc1ccc(C)cc1.CC(C)=Cc1cccs1.CC(C)=Cc1coc2ccc(C)cc2c1=O.CC(C)=Cc1coc2ccccc2c1=O.CSc1ccc(C=C(C)C)cc1. The Bertz CT molecular complexity index is 4620. The van der Waals surface area contributed by atoms with E-state index in [0.29, 0.717) is 33.1 Å². The van der Waals surface area contributed by atoms with Gasteiger partial charge in [-0.1, -0.05) is 231 Å². The maximum Gasteiger partial charge on any atom is 0.250 e. The molecule has 10 aromatic rings. The lowest BCUT2D eigenvalue weighted by Crippen LogP contribution is -2.44. The molecule has 544 valence electrons. The summed E-state index contributed by atoms with van der Waals surface area (Å²) in [6.07, 6.45) is 19.8. The summed E-state index contributed by atoms with van der Waals surface area (Å²) in [6, 6.07) is 59.8. The number of para-hydroxylation sites is 2. The minimum Gasteiger partial charge on any atom is -0.543 e. The number of thiophene rings is 1. The quantitative estimate of drug-likeness (QED) is 0.0835. The van der Waals surface area contributed by atoms with E-state index in [0.717, 1.165) is 22.5 Å². The Labute approximate surface area is 637 Å². The van der Waals surface area contributed by atoms with Crippen molar-refractivity contribution < 1.29 is 13.3 Å². The molecule has 5 nitrogen and oxygen atoms in total. The molecule has 0 radical (unpaired) electrons. The first-order valence-electron chi connectivity index (χ1n) is 35.1. The highest BCUT2D eigenvalue weighted by Crippen LogP contribution is 2.39. The first kappa shape index (κ1) is 87.3. The van der Waals surface area contributed by atoms with Gasteiger partial charge in [-0.25, -0.2) is 0 Å². The van der Waals surface area contributed by atoms with Gasteiger partial charge in [-0.15, -0.1) is 34.9 Å². The molecule has 0 saturated carbocycles. The predicted octanol–water partition coefficient (Wildman–Crippen LogP) is 29.8. The van der Waals surface area contributed by atoms with Gasteiger partial charge in [0.25, 0.3) is 8.32 Å². The van der Waals surface area contributed by atoms with Crippen molar-refractivity contribution in [3.63, 3.8) is 0 Å². The number of benzene rings is 7. The summed E-state index contributed by atoms with van der Waals surface area (Å²) in [6.45, 7) is 51.2. The topological polar surface area (TPSA) is 69.7 Å². The van der Waals surface area contributed by atoms with Crippen LogP contribution in [0.4, 0.5) is 0 Å². The second-order valence-electron chi connectivity index (χ2n) is 29.5. The molecule has 0 saturated heterocycles. The number of hydrogen-bond donors (Lipinski definition) is 0. The van der Waals surface area contributed by atoms with Gasteiger partial charge in [0, 0.05) is 34.8 Å². The molecule has 0 atom stereocenters. The monoisotopic (exact) mass is 1470 g/mol. The van der Waals surface area contributed by atoms with Crippen LogP contribution >= 0.6 is 46.6 Å². The molecule has 0 amide bonds. The van der Waals surface area contributed by atoms with Gasteiger partial charge in [-0.3, -0.25) is 9.59 Å². The molecule has 10 rings (SSSR count). The third kappa shape index (κ3) is 33.1. The number of aryl methyl sites for hydroxylation is 2. The zero-order valence-corrected chi connectivity index (χ0v) is 70.5. The minimum atomic E-state index is -1.76. The summed E-state index contributed by atoms with van der Waals surface area (Å²) >= 11 is 7.30. The average Bonchev–Trinajstić information content (AvgIpc) is 0.966.